The molecule has 0 aliphatic heterocycles. The summed E-state index contributed by atoms with van der Waals surface area (Å²) in [5.41, 5.74) is 6.52. The topological polar surface area (TPSA) is 73.6 Å². The Morgan fingerprint density at radius 2 is 1.73 bits per heavy atom. The molecule has 0 aromatic heterocycles. The van der Waals surface area contributed by atoms with Gasteiger partial charge in [0.2, 0.25) is 5.91 Å². The number of hydrogen-bond donors (Lipinski definition) is 2. The van der Waals surface area contributed by atoms with Gasteiger partial charge in [-0.15, -0.1) is 0 Å². The molecule has 5 nitrogen and oxygen atoms in total. The van der Waals surface area contributed by atoms with E-state index in [-0.39, 0.29) is 11.8 Å². The van der Waals surface area contributed by atoms with E-state index in [0.717, 1.165) is 12.8 Å². The summed E-state index contributed by atoms with van der Waals surface area (Å²) in [4.78, 5) is 12.0. The highest BCUT2D eigenvalue weighted by Crippen LogP contribution is 2.31. The van der Waals surface area contributed by atoms with Crippen molar-refractivity contribution < 1.29 is 14.3 Å². The van der Waals surface area contributed by atoms with E-state index in [0.29, 0.717) is 30.4 Å². The van der Waals surface area contributed by atoms with E-state index in [1.54, 1.807) is 12.1 Å². The van der Waals surface area contributed by atoms with Crippen molar-refractivity contribution in [3.8, 4) is 11.5 Å². The van der Waals surface area contributed by atoms with Gasteiger partial charge in [0.15, 0.2) is 11.5 Å². The molecule has 0 aliphatic rings. The lowest BCUT2D eigenvalue weighted by molar-refractivity contribution is -0.118. The first-order valence-electron chi connectivity index (χ1n) is 7.95. The van der Waals surface area contributed by atoms with Crippen molar-refractivity contribution in [2.45, 2.75) is 46.6 Å². The van der Waals surface area contributed by atoms with Crippen molar-refractivity contribution in [3.63, 3.8) is 0 Å². The molecular formula is C17H28N2O3. The van der Waals surface area contributed by atoms with Crippen LogP contribution in [0.1, 0.15) is 40.5 Å². The number of hydrogen-bond acceptors (Lipinski definition) is 4. The van der Waals surface area contributed by atoms with E-state index in [4.69, 9.17) is 15.2 Å². The van der Waals surface area contributed by atoms with Crippen LogP contribution in [0.3, 0.4) is 0 Å². The summed E-state index contributed by atoms with van der Waals surface area (Å²) in [6.45, 7) is 9.16. The SMILES string of the molecule is CCCOc1ccc(NC(=O)[C@H](N)C(C)C)cc1OCCC. The van der Waals surface area contributed by atoms with Crippen LogP contribution in [0.4, 0.5) is 5.69 Å². The number of nitrogens with one attached hydrogen (secondary N) is 1. The van der Waals surface area contributed by atoms with Crippen LogP contribution in [0, 0.1) is 5.92 Å². The van der Waals surface area contributed by atoms with Crippen LogP contribution in [0.15, 0.2) is 18.2 Å². The van der Waals surface area contributed by atoms with Gasteiger partial charge in [0.1, 0.15) is 0 Å². The highest BCUT2D eigenvalue weighted by Gasteiger charge is 2.18. The van der Waals surface area contributed by atoms with Gasteiger partial charge in [0.05, 0.1) is 19.3 Å². The number of benzene rings is 1. The standard InChI is InChI=1S/C17H28N2O3/c1-5-9-21-14-8-7-13(11-15(14)22-10-6-2)19-17(20)16(18)12(3)4/h7-8,11-12,16H,5-6,9-10,18H2,1-4H3,(H,19,20)/t16-/m1/s1. The van der Waals surface area contributed by atoms with E-state index in [2.05, 4.69) is 12.2 Å². The minimum absolute atomic E-state index is 0.0861. The summed E-state index contributed by atoms with van der Waals surface area (Å²) in [6, 6.07) is 4.87. The first-order chi connectivity index (χ1) is 10.5. The molecule has 5 heteroatoms. The second kappa shape index (κ2) is 9.30. The third kappa shape index (κ3) is 5.56. The van der Waals surface area contributed by atoms with Gasteiger partial charge in [-0.3, -0.25) is 4.79 Å². The van der Waals surface area contributed by atoms with Gasteiger partial charge in [0.25, 0.3) is 0 Å². The predicted octanol–water partition coefficient (Wildman–Crippen LogP) is 3.19. The van der Waals surface area contributed by atoms with E-state index in [1.807, 2.05) is 26.8 Å². The summed E-state index contributed by atoms with van der Waals surface area (Å²) < 4.78 is 11.4. The Bertz CT molecular complexity index is 475. The summed E-state index contributed by atoms with van der Waals surface area (Å²) >= 11 is 0. The molecule has 1 atom stereocenters. The minimum atomic E-state index is -0.531. The summed E-state index contributed by atoms with van der Waals surface area (Å²) in [7, 11) is 0. The molecule has 22 heavy (non-hydrogen) atoms. The molecule has 0 bridgehead atoms. The average Bonchev–Trinajstić information content (AvgIpc) is 2.50. The third-order valence-corrected chi connectivity index (χ3v) is 3.16. The summed E-state index contributed by atoms with van der Waals surface area (Å²) in [6.07, 6.45) is 1.83. The van der Waals surface area contributed by atoms with Crippen molar-refractivity contribution in [3.05, 3.63) is 18.2 Å². The number of carbonyl (C=O) groups is 1. The fraction of sp³-hybridized carbons (Fsp3) is 0.588. The smallest absolute Gasteiger partial charge is 0.241 e. The van der Waals surface area contributed by atoms with Crippen LogP contribution in [0.2, 0.25) is 0 Å². The van der Waals surface area contributed by atoms with Crippen molar-refractivity contribution in [2.24, 2.45) is 11.7 Å². The Hall–Kier alpha value is -1.75. The van der Waals surface area contributed by atoms with Gasteiger partial charge in [-0.1, -0.05) is 27.7 Å². The second-order valence-corrected chi connectivity index (χ2v) is 5.62. The number of ether oxygens (including phenoxy) is 2. The molecule has 0 saturated heterocycles. The molecule has 0 aliphatic carbocycles. The Balaban J connectivity index is 2.85. The van der Waals surface area contributed by atoms with Gasteiger partial charge >= 0.3 is 0 Å². The molecule has 1 aromatic carbocycles. The zero-order valence-electron chi connectivity index (χ0n) is 14.0. The van der Waals surface area contributed by atoms with Gasteiger partial charge in [-0.25, -0.2) is 0 Å². The highest BCUT2D eigenvalue weighted by atomic mass is 16.5. The fourth-order valence-electron chi connectivity index (χ4n) is 1.77. The molecule has 0 heterocycles. The first-order valence-corrected chi connectivity index (χ1v) is 7.95. The van der Waals surface area contributed by atoms with Crippen molar-refractivity contribution in [1.29, 1.82) is 0 Å². The van der Waals surface area contributed by atoms with Crippen molar-refractivity contribution in [2.75, 3.05) is 18.5 Å². The minimum Gasteiger partial charge on any atom is -0.490 e. The van der Waals surface area contributed by atoms with Crippen LogP contribution in [-0.4, -0.2) is 25.2 Å². The number of amides is 1. The second-order valence-electron chi connectivity index (χ2n) is 5.62. The monoisotopic (exact) mass is 308 g/mol. The van der Waals surface area contributed by atoms with Crippen LogP contribution in [-0.2, 0) is 4.79 Å². The Labute approximate surface area is 133 Å². The summed E-state index contributed by atoms with van der Waals surface area (Å²) in [5, 5.41) is 2.82. The molecule has 1 rings (SSSR count). The first kappa shape index (κ1) is 18.3. The van der Waals surface area contributed by atoms with Crippen LogP contribution in [0.25, 0.3) is 0 Å². The molecular weight excluding hydrogens is 280 g/mol. The predicted molar refractivity (Wildman–Crippen MR) is 89.5 cm³/mol. The summed E-state index contributed by atoms with van der Waals surface area (Å²) in [5.74, 6) is 1.23. The molecule has 0 radical (unpaired) electrons. The Kier molecular flexibility index (Phi) is 7.74. The molecule has 0 saturated carbocycles. The van der Waals surface area contributed by atoms with E-state index in [9.17, 15) is 4.79 Å². The molecule has 0 spiro atoms. The van der Waals surface area contributed by atoms with Crippen LogP contribution < -0.4 is 20.5 Å². The Morgan fingerprint density at radius 1 is 1.14 bits per heavy atom. The van der Waals surface area contributed by atoms with Crippen molar-refractivity contribution in [1.82, 2.24) is 0 Å². The van der Waals surface area contributed by atoms with E-state index >= 15 is 0 Å². The van der Waals surface area contributed by atoms with E-state index in [1.165, 1.54) is 0 Å². The lowest BCUT2D eigenvalue weighted by Crippen LogP contribution is -2.39. The van der Waals surface area contributed by atoms with Gasteiger partial charge < -0.3 is 20.5 Å². The molecule has 3 N–H and O–H groups in total. The molecule has 124 valence electrons. The maximum atomic E-state index is 12.0. The average molecular weight is 308 g/mol. The van der Waals surface area contributed by atoms with Gasteiger partial charge in [0, 0.05) is 11.8 Å². The quantitative estimate of drug-likeness (QED) is 0.735. The number of rotatable bonds is 9. The lowest BCUT2D eigenvalue weighted by atomic mass is 10.0. The molecule has 1 amide bonds. The normalized spacial score (nSPS) is 12.1. The van der Waals surface area contributed by atoms with Gasteiger partial charge in [-0.2, -0.15) is 0 Å². The zero-order valence-corrected chi connectivity index (χ0v) is 14.0. The molecule has 1 aromatic rings. The third-order valence-electron chi connectivity index (χ3n) is 3.16. The van der Waals surface area contributed by atoms with Crippen LogP contribution in [0.5, 0.6) is 11.5 Å². The van der Waals surface area contributed by atoms with E-state index < -0.39 is 6.04 Å². The fourth-order valence-corrected chi connectivity index (χ4v) is 1.77. The molecule has 0 unspecified atom stereocenters. The van der Waals surface area contributed by atoms with Crippen LogP contribution >= 0.6 is 0 Å². The Morgan fingerprint density at radius 3 is 2.27 bits per heavy atom. The highest BCUT2D eigenvalue weighted by molar-refractivity contribution is 5.95. The lowest BCUT2D eigenvalue weighted by Gasteiger charge is -2.17. The zero-order chi connectivity index (χ0) is 16.5. The number of nitrogens with two attached hydrogens (primary N) is 1. The number of anilines is 1. The maximum absolute atomic E-state index is 12.0. The molecule has 0 fully saturated rings. The maximum Gasteiger partial charge on any atom is 0.241 e. The van der Waals surface area contributed by atoms with Gasteiger partial charge in [-0.05, 0) is 30.9 Å². The number of carbonyl (C=O) groups excluding carboxylic acids is 1. The van der Waals surface area contributed by atoms with Crippen molar-refractivity contribution >= 4 is 11.6 Å². The largest absolute Gasteiger partial charge is 0.490 e.